The van der Waals surface area contributed by atoms with Crippen molar-refractivity contribution in [3.8, 4) is 17.2 Å². The van der Waals surface area contributed by atoms with Crippen molar-refractivity contribution in [3.05, 3.63) is 53.3 Å². The Hall–Kier alpha value is -2.23. The zero-order valence-electron chi connectivity index (χ0n) is 16.5. The van der Waals surface area contributed by atoms with Gasteiger partial charge in [-0.15, -0.1) is 24.0 Å². The Labute approximate surface area is 182 Å². The van der Waals surface area contributed by atoms with Crippen LogP contribution in [0.2, 0.25) is 0 Å². The normalized spacial score (nSPS) is 10.7. The van der Waals surface area contributed by atoms with E-state index in [2.05, 4.69) is 15.6 Å². The fourth-order valence-corrected chi connectivity index (χ4v) is 2.64. The highest BCUT2D eigenvalue weighted by Gasteiger charge is 2.13. The molecule has 2 aromatic carbocycles. The molecule has 0 heterocycles. The number of rotatable bonds is 8. The number of hydrogen-bond donors (Lipinski definition) is 2. The molecular formula is C20H27FIN3O3. The lowest BCUT2D eigenvalue weighted by Gasteiger charge is -2.16. The minimum atomic E-state index is -0.247. The molecule has 0 spiro atoms. The standard InChI is InChI=1S/C20H26FN3O3.HI/c1-22-20(24-13-14-5-7-15(21)8-6-14)23-10-9-17-18(26-3)11-16(25-2)12-19(17)27-4;/h5-8,11-12H,9-10,13H2,1-4H3,(H2,22,23,24);1H. The van der Waals surface area contributed by atoms with Gasteiger partial charge < -0.3 is 24.8 Å². The molecule has 28 heavy (non-hydrogen) atoms. The number of hydrogen-bond acceptors (Lipinski definition) is 4. The summed E-state index contributed by atoms with van der Waals surface area (Å²) in [5.41, 5.74) is 1.92. The van der Waals surface area contributed by atoms with Crippen molar-refractivity contribution < 1.29 is 18.6 Å². The largest absolute Gasteiger partial charge is 0.496 e. The van der Waals surface area contributed by atoms with Crippen molar-refractivity contribution >= 4 is 29.9 Å². The van der Waals surface area contributed by atoms with Crippen LogP contribution in [0.15, 0.2) is 41.4 Å². The van der Waals surface area contributed by atoms with Gasteiger partial charge in [-0.3, -0.25) is 4.99 Å². The molecule has 0 atom stereocenters. The molecule has 0 bridgehead atoms. The molecule has 154 valence electrons. The molecule has 0 saturated carbocycles. The third-order valence-electron chi connectivity index (χ3n) is 4.08. The van der Waals surface area contributed by atoms with E-state index in [9.17, 15) is 4.39 Å². The topological polar surface area (TPSA) is 64.1 Å². The number of guanidine groups is 1. The quantitative estimate of drug-likeness (QED) is 0.329. The van der Waals surface area contributed by atoms with Crippen molar-refractivity contribution in [2.24, 2.45) is 4.99 Å². The zero-order valence-corrected chi connectivity index (χ0v) is 18.9. The number of methoxy groups -OCH3 is 3. The number of aliphatic imine (C=N–C) groups is 1. The van der Waals surface area contributed by atoms with Gasteiger partial charge in [0.25, 0.3) is 0 Å². The molecule has 8 heteroatoms. The predicted molar refractivity (Wildman–Crippen MR) is 120 cm³/mol. The van der Waals surface area contributed by atoms with Gasteiger partial charge in [-0.2, -0.15) is 0 Å². The Bertz CT molecular complexity index is 745. The van der Waals surface area contributed by atoms with E-state index in [0.29, 0.717) is 42.7 Å². The van der Waals surface area contributed by atoms with E-state index in [-0.39, 0.29) is 29.8 Å². The number of ether oxygens (including phenoxy) is 3. The summed E-state index contributed by atoms with van der Waals surface area (Å²) in [6.07, 6.45) is 0.674. The summed E-state index contributed by atoms with van der Waals surface area (Å²) < 4.78 is 29.2. The summed E-state index contributed by atoms with van der Waals surface area (Å²) in [6.45, 7) is 1.18. The van der Waals surface area contributed by atoms with E-state index in [4.69, 9.17) is 14.2 Å². The van der Waals surface area contributed by atoms with Gasteiger partial charge >= 0.3 is 0 Å². The number of nitrogens with one attached hydrogen (secondary N) is 2. The van der Waals surface area contributed by atoms with Gasteiger partial charge in [-0.1, -0.05) is 12.1 Å². The van der Waals surface area contributed by atoms with Crippen molar-refractivity contribution in [1.29, 1.82) is 0 Å². The van der Waals surface area contributed by atoms with Crippen LogP contribution in [0.1, 0.15) is 11.1 Å². The molecule has 0 fully saturated rings. The monoisotopic (exact) mass is 503 g/mol. The Morgan fingerprint density at radius 1 is 0.964 bits per heavy atom. The molecule has 2 rings (SSSR count). The van der Waals surface area contributed by atoms with Crippen molar-refractivity contribution in [2.75, 3.05) is 34.9 Å². The van der Waals surface area contributed by atoms with Crippen LogP contribution in [0.3, 0.4) is 0 Å². The van der Waals surface area contributed by atoms with Crippen LogP contribution in [0.25, 0.3) is 0 Å². The average Bonchev–Trinajstić information content (AvgIpc) is 2.71. The van der Waals surface area contributed by atoms with Gasteiger partial charge in [0, 0.05) is 37.8 Å². The van der Waals surface area contributed by atoms with E-state index in [0.717, 1.165) is 11.1 Å². The zero-order chi connectivity index (χ0) is 19.6. The predicted octanol–water partition coefficient (Wildman–Crippen LogP) is 3.38. The van der Waals surface area contributed by atoms with Gasteiger partial charge in [-0.25, -0.2) is 4.39 Å². The Morgan fingerprint density at radius 3 is 2.07 bits per heavy atom. The van der Waals surface area contributed by atoms with Gasteiger partial charge in [0.2, 0.25) is 0 Å². The van der Waals surface area contributed by atoms with Crippen LogP contribution in [-0.4, -0.2) is 40.9 Å². The summed E-state index contributed by atoms with van der Waals surface area (Å²) in [5.74, 6) is 2.51. The maximum atomic E-state index is 13.0. The lowest BCUT2D eigenvalue weighted by Crippen LogP contribution is -2.37. The average molecular weight is 503 g/mol. The van der Waals surface area contributed by atoms with Gasteiger partial charge in [0.05, 0.1) is 21.3 Å². The summed E-state index contributed by atoms with van der Waals surface area (Å²) in [6, 6.07) is 10.0. The second kappa shape index (κ2) is 12.3. The first-order valence-electron chi connectivity index (χ1n) is 8.59. The molecule has 0 amide bonds. The first-order chi connectivity index (χ1) is 13.1. The summed E-state index contributed by atoms with van der Waals surface area (Å²) in [4.78, 5) is 4.20. The SMILES string of the molecule is CN=C(NCCc1c(OC)cc(OC)cc1OC)NCc1ccc(F)cc1.I. The van der Waals surface area contributed by atoms with Gasteiger partial charge in [-0.05, 0) is 24.1 Å². The first kappa shape index (κ1) is 23.8. The van der Waals surface area contributed by atoms with E-state index < -0.39 is 0 Å². The lowest BCUT2D eigenvalue weighted by atomic mass is 10.1. The molecule has 0 radical (unpaired) electrons. The number of benzene rings is 2. The minimum absolute atomic E-state index is 0. The van der Waals surface area contributed by atoms with E-state index in [1.165, 1.54) is 12.1 Å². The fourth-order valence-electron chi connectivity index (χ4n) is 2.64. The summed E-state index contributed by atoms with van der Waals surface area (Å²) in [5, 5.41) is 6.45. The molecule has 6 nitrogen and oxygen atoms in total. The van der Waals surface area contributed by atoms with Crippen molar-refractivity contribution in [3.63, 3.8) is 0 Å². The third-order valence-corrected chi connectivity index (χ3v) is 4.08. The molecule has 2 N–H and O–H groups in total. The summed E-state index contributed by atoms with van der Waals surface area (Å²) in [7, 11) is 6.55. The van der Waals surface area contributed by atoms with Crippen molar-refractivity contribution in [1.82, 2.24) is 10.6 Å². The second-order valence-corrected chi connectivity index (χ2v) is 5.74. The highest BCUT2D eigenvalue weighted by atomic mass is 127. The maximum absolute atomic E-state index is 13.0. The first-order valence-corrected chi connectivity index (χ1v) is 8.59. The van der Waals surface area contributed by atoms with Crippen LogP contribution < -0.4 is 24.8 Å². The number of nitrogens with zero attached hydrogens (tertiary/aromatic N) is 1. The molecule has 0 aromatic heterocycles. The second-order valence-electron chi connectivity index (χ2n) is 5.74. The molecule has 0 aliphatic rings. The lowest BCUT2D eigenvalue weighted by molar-refractivity contribution is 0.368. The van der Waals surface area contributed by atoms with E-state index in [1.807, 2.05) is 12.1 Å². The van der Waals surface area contributed by atoms with E-state index >= 15 is 0 Å². The molecule has 0 saturated heterocycles. The van der Waals surface area contributed by atoms with Gasteiger partial charge in [0.15, 0.2) is 5.96 Å². The van der Waals surface area contributed by atoms with Crippen LogP contribution >= 0.6 is 24.0 Å². The molecule has 0 aliphatic heterocycles. The van der Waals surface area contributed by atoms with E-state index in [1.54, 1.807) is 40.5 Å². The fraction of sp³-hybridized carbons (Fsp3) is 0.350. The third kappa shape index (κ3) is 6.74. The minimum Gasteiger partial charge on any atom is -0.496 e. The molecule has 2 aromatic rings. The molecule has 0 aliphatic carbocycles. The highest BCUT2D eigenvalue weighted by molar-refractivity contribution is 14.0. The maximum Gasteiger partial charge on any atom is 0.191 e. The van der Waals surface area contributed by atoms with Crippen LogP contribution in [-0.2, 0) is 13.0 Å². The van der Waals surface area contributed by atoms with Crippen LogP contribution in [0, 0.1) is 5.82 Å². The molecule has 0 unspecified atom stereocenters. The smallest absolute Gasteiger partial charge is 0.191 e. The Kier molecular flexibility index (Phi) is 10.4. The Morgan fingerprint density at radius 2 is 1.57 bits per heavy atom. The number of halogens is 2. The Balaban J connectivity index is 0.00000392. The van der Waals surface area contributed by atoms with Gasteiger partial charge in [0.1, 0.15) is 23.1 Å². The summed E-state index contributed by atoms with van der Waals surface area (Å²) >= 11 is 0. The molecular weight excluding hydrogens is 476 g/mol. The highest BCUT2D eigenvalue weighted by Crippen LogP contribution is 2.34. The van der Waals surface area contributed by atoms with Crippen LogP contribution in [0.4, 0.5) is 4.39 Å². The van der Waals surface area contributed by atoms with Crippen LogP contribution in [0.5, 0.6) is 17.2 Å². The van der Waals surface area contributed by atoms with Crippen molar-refractivity contribution in [2.45, 2.75) is 13.0 Å².